The maximum atomic E-state index is 12.6. The lowest BCUT2D eigenvalue weighted by Crippen LogP contribution is -2.48. The lowest BCUT2D eigenvalue weighted by Gasteiger charge is -2.20. The molecule has 3 aromatic rings. The number of carboxylic acids is 1. The summed E-state index contributed by atoms with van der Waals surface area (Å²) in [5.74, 6) is -2.57. The molecule has 0 saturated carbocycles. The molecule has 3 rings (SSSR count). The van der Waals surface area contributed by atoms with Crippen molar-refractivity contribution < 1.29 is 28.3 Å². The van der Waals surface area contributed by atoms with Gasteiger partial charge in [-0.15, -0.1) is 0 Å². The summed E-state index contributed by atoms with van der Waals surface area (Å²) in [5, 5.41) is 15.8. The molecule has 1 aromatic carbocycles. The van der Waals surface area contributed by atoms with Gasteiger partial charge >= 0.3 is 11.6 Å². The molecule has 0 fully saturated rings. The average Bonchev–Trinajstić information content (AvgIpc) is 3.20. The number of carboxylic acid groups (broad SMARTS) is 1. The van der Waals surface area contributed by atoms with Crippen LogP contribution in [0.4, 0.5) is 0 Å². The Morgan fingerprint density at radius 1 is 1.09 bits per heavy atom. The molecule has 0 aliphatic carbocycles. The number of aliphatic carboxylic acids is 1. The molecular formula is C26H32N2O7. The minimum Gasteiger partial charge on any atom is -0.480 e. The Kier molecular flexibility index (Phi) is 7.38. The van der Waals surface area contributed by atoms with E-state index in [0.717, 1.165) is 10.9 Å². The van der Waals surface area contributed by atoms with Gasteiger partial charge in [-0.3, -0.25) is 9.59 Å². The Balaban J connectivity index is 1.80. The van der Waals surface area contributed by atoms with Gasteiger partial charge in [0.25, 0.3) is 0 Å². The standard InChI is InChI=1S/C26H32N2O7/c1-7-13(2)23(24(31)32)28-22(30)11-27-21(29)9-16-14(3)15-8-17-18(26(4,5)6)12-34-19(17)10-20(15)35-25(16)33/h8,10,12-13,23H,7,9,11H2,1-6H3,(H,27,29)(H,28,30)(H,31,32)/t13-,23+/m1/s1. The summed E-state index contributed by atoms with van der Waals surface area (Å²) in [7, 11) is 0. The number of carbonyl (C=O) groups is 3. The van der Waals surface area contributed by atoms with Crippen LogP contribution in [0.1, 0.15) is 57.7 Å². The van der Waals surface area contributed by atoms with Crippen LogP contribution >= 0.6 is 0 Å². The van der Waals surface area contributed by atoms with E-state index in [1.54, 1.807) is 26.2 Å². The van der Waals surface area contributed by atoms with Crippen molar-refractivity contribution in [3.63, 3.8) is 0 Å². The van der Waals surface area contributed by atoms with Gasteiger partial charge in [0.15, 0.2) is 0 Å². The van der Waals surface area contributed by atoms with Crippen LogP contribution in [0.15, 0.2) is 32.0 Å². The summed E-state index contributed by atoms with van der Waals surface area (Å²) in [6.45, 7) is 11.1. The van der Waals surface area contributed by atoms with E-state index in [9.17, 15) is 24.3 Å². The molecule has 0 radical (unpaired) electrons. The molecule has 188 valence electrons. The van der Waals surface area contributed by atoms with Gasteiger partial charge in [0.05, 0.1) is 24.8 Å². The molecule has 2 amide bonds. The lowest BCUT2D eigenvalue weighted by molar-refractivity contribution is -0.143. The number of hydrogen-bond acceptors (Lipinski definition) is 6. The molecule has 3 N–H and O–H groups in total. The van der Waals surface area contributed by atoms with E-state index in [4.69, 9.17) is 8.83 Å². The molecule has 0 aliphatic rings. The number of furan rings is 1. The number of carbonyl (C=O) groups excluding carboxylic acids is 2. The highest BCUT2D eigenvalue weighted by molar-refractivity contribution is 5.97. The second-order valence-electron chi connectivity index (χ2n) is 9.96. The van der Waals surface area contributed by atoms with Gasteiger partial charge in [0.2, 0.25) is 11.8 Å². The summed E-state index contributed by atoms with van der Waals surface area (Å²) < 4.78 is 11.2. The third-order valence-electron chi connectivity index (χ3n) is 6.37. The van der Waals surface area contributed by atoms with E-state index >= 15 is 0 Å². The van der Waals surface area contributed by atoms with E-state index in [-0.39, 0.29) is 23.3 Å². The second kappa shape index (κ2) is 9.93. The summed E-state index contributed by atoms with van der Waals surface area (Å²) in [6, 6.07) is 2.54. The summed E-state index contributed by atoms with van der Waals surface area (Å²) in [6.07, 6.45) is 2.00. The van der Waals surface area contributed by atoms with Crippen molar-refractivity contribution in [2.45, 2.75) is 65.8 Å². The van der Waals surface area contributed by atoms with Gasteiger partial charge in [-0.05, 0) is 29.9 Å². The Bertz CT molecular complexity index is 1340. The molecule has 2 atom stereocenters. The SMILES string of the molecule is CC[C@@H](C)[C@H](NC(=O)CNC(=O)Cc1c(C)c2cc3c(C(C)(C)C)coc3cc2oc1=O)C(=O)O. The number of rotatable bonds is 8. The molecule has 0 bridgehead atoms. The second-order valence-corrected chi connectivity index (χ2v) is 9.96. The molecule has 2 heterocycles. The van der Waals surface area contributed by atoms with Gasteiger partial charge in [-0.1, -0.05) is 41.0 Å². The predicted molar refractivity (Wildman–Crippen MR) is 131 cm³/mol. The Morgan fingerprint density at radius 3 is 2.37 bits per heavy atom. The van der Waals surface area contributed by atoms with Crippen LogP contribution in [0, 0.1) is 12.8 Å². The van der Waals surface area contributed by atoms with Gasteiger partial charge in [-0.2, -0.15) is 0 Å². The van der Waals surface area contributed by atoms with Crippen LogP contribution < -0.4 is 16.3 Å². The third-order valence-corrected chi connectivity index (χ3v) is 6.37. The Morgan fingerprint density at radius 2 is 1.77 bits per heavy atom. The lowest BCUT2D eigenvalue weighted by atomic mass is 9.86. The monoisotopic (exact) mass is 484 g/mol. The van der Waals surface area contributed by atoms with Crippen LogP contribution in [-0.2, 0) is 26.2 Å². The maximum absolute atomic E-state index is 12.6. The average molecular weight is 485 g/mol. The van der Waals surface area contributed by atoms with E-state index < -0.39 is 36.0 Å². The van der Waals surface area contributed by atoms with Crippen LogP contribution in [0.25, 0.3) is 21.9 Å². The van der Waals surface area contributed by atoms with E-state index in [0.29, 0.717) is 28.5 Å². The summed E-state index contributed by atoms with van der Waals surface area (Å²) in [5.41, 5.74) is 2.00. The van der Waals surface area contributed by atoms with Crippen molar-refractivity contribution in [1.82, 2.24) is 10.6 Å². The zero-order valence-corrected chi connectivity index (χ0v) is 20.9. The van der Waals surface area contributed by atoms with Crippen molar-refractivity contribution >= 4 is 39.7 Å². The van der Waals surface area contributed by atoms with Crippen molar-refractivity contribution in [2.75, 3.05) is 6.54 Å². The minimum atomic E-state index is -1.13. The highest BCUT2D eigenvalue weighted by atomic mass is 16.4. The van der Waals surface area contributed by atoms with E-state index in [1.165, 1.54) is 0 Å². The third kappa shape index (κ3) is 5.55. The Hall–Kier alpha value is -3.62. The molecular weight excluding hydrogens is 452 g/mol. The van der Waals surface area contributed by atoms with Gasteiger partial charge in [0.1, 0.15) is 17.2 Å². The van der Waals surface area contributed by atoms with Gasteiger partial charge in [-0.25, -0.2) is 9.59 Å². The molecule has 0 unspecified atom stereocenters. The summed E-state index contributed by atoms with van der Waals surface area (Å²) in [4.78, 5) is 48.7. The highest BCUT2D eigenvalue weighted by Crippen LogP contribution is 2.35. The van der Waals surface area contributed by atoms with Crippen LogP contribution in [-0.4, -0.2) is 35.5 Å². The van der Waals surface area contributed by atoms with Crippen LogP contribution in [0.2, 0.25) is 0 Å². The minimum absolute atomic E-state index is 0.152. The van der Waals surface area contributed by atoms with Crippen molar-refractivity contribution in [1.29, 1.82) is 0 Å². The van der Waals surface area contributed by atoms with E-state index in [1.807, 2.05) is 13.0 Å². The molecule has 35 heavy (non-hydrogen) atoms. The number of aryl methyl sites for hydroxylation is 1. The first-order chi connectivity index (χ1) is 16.3. The van der Waals surface area contributed by atoms with Gasteiger partial charge < -0.3 is 24.6 Å². The molecule has 9 nitrogen and oxygen atoms in total. The van der Waals surface area contributed by atoms with Crippen LogP contribution in [0.5, 0.6) is 0 Å². The topological polar surface area (TPSA) is 139 Å². The molecule has 0 spiro atoms. The number of nitrogens with one attached hydrogen (secondary N) is 2. The predicted octanol–water partition coefficient (Wildman–Crippen LogP) is 3.42. The number of benzene rings is 1. The quantitative estimate of drug-likeness (QED) is 0.416. The maximum Gasteiger partial charge on any atom is 0.340 e. The van der Waals surface area contributed by atoms with E-state index in [2.05, 4.69) is 31.4 Å². The van der Waals surface area contributed by atoms with Crippen molar-refractivity contribution in [2.24, 2.45) is 5.92 Å². The van der Waals surface area contributed by atoms with Crippen LogP contribution in [0.3, 0.4) is 0 Å². The first-order valence-electron chi connectivity index (χ1n) is 11.6. The number of fused-ring (bicyclic) bond motifs is 2. The fourth-order valence-corrected chi connectivity index (χ4v) is 4.00. The fourth-order valence-electron chi connectivity index (χ4n) is 4.00. The number of hydrogen-bond donors (Lipinski definition) is 3. The van der Waals surface area contributed by atoms with Crippen molar-refractivity contribution in [3.8, 4) is 0 Å². The van der Waals surface area contributed by atoms with Crippen molar-refractivity contribution in [3.05, 3.63) is 45.5 Å². The normalized spacial score (nSPS) is 13.5. The highest BCUT2D eigenvalue weighted by Gasteiger charge is 2.26. The smallest absolute Gasteiger partial charge is 0.340 e. The molecule has 9 heteroatoms. The van der Waals surface area contributed by atoms with Gasteiger partial charge in [0, 0.05) is 22.4 Å². The number of amides is 2. The zero-order valence-electron chi connectivity index (χ0n) is 20.9. The fraction of sp³-hybridized carbons (Fsp3) is 0.462. The molecule has 0 saturated heterocycles. The molecule has 0 aliphatic heterocycles. The zero-order chi connectivity index (χ0) is 26.1. The largest absolute Gasteiger partial charge is 0.480 e. The Labute approximate surface area is 202 Å². The first-order valence-corrected chi connectivity index (χ1v) is 11.6. The molecule has 2 aromatic heterocycles. The first kappa shape index (κ1) is 26.0. The summed E-state index contributed by atoms with van der Waals surface area (Å²) >= 11 is 0.